The van der Waals surface area contributed by atoms with Gasteiger partial charge in [-0.1, -0.05) is 0 Å². The first kappa shape index (κ1) is 15.7. The maximum Gasteiger partial charge on any atom is 0.573 e. The van der Waals surface area contributed by atoms with E-state index in [9.17, 15) is 13.2 Å². The number of ether oxygens (including phenoxy) is 1. The number of halogens is 3. The second-order valence-electron chi connectivity index (χ2n) is 4.55. The van der Waals surface area contributed by atoms with Crippen LogP contribution in [0.3, 0.4) is 0 Å². The van der Waals surface area contributed by atoms with E-state index in [0.717, 1.165) is 0 Å². The van der Waals surface area contributed by atoms with Gasteiger partial charge >= 0.3 is 6.36 Å². The predicted octanol–water partition coefficient (Wildman–Crippen LogP) is 2.77. The van der Waals surface area contributed by atoms with Gasteiger partial charge in [-0.2, -0.15) is 0 Å². The minimum Gasteiger partial charge on any atom is -0.406 e. The van der Waals surface area contributed by atoms with Crippen molar-refractivity contribution in [1.29, 1.82) is 0 Å². The van der Waals surface area contributed by atoms with Crippen molar-refractivity contribution in [3.8, 4) is 5.75 Å². The van der Waals surface area contributed by atoms with Crippen LogP contribution in [0.15, 0.2) is 30.6 Å². The molecule has 1 heterocycles. The minimum absolute atomic E-state index is 0.303. The first-order valence-electron chi connectivity index (χ1n) is 6.17. The average molecular weight is 313 g/mol. The molecule has 0 atom stereocenters. The van der Waals surface area contributed by atoms with Crippen molar-refractivity contribution < 1.29 is 17.9 Å². The van der Waals surface area contributed by atoms with Gasteiger partial charge < -0.3 is 20.7 Å². The van der Waals surface area contributed by atoms with Gasteiger partial charge in [-0.3, -0.25) is 0 Å². The van der Waals surface area contributed by atoms with Crippen LogP contribution in [0.2, 0.25) is 0 Å². The minimum atomic E-state index is -4.72. The van der Waals surface area contributed by atoms with Crippen LogP contribution in [-0.2, 0) is 0 Å². The second kappa shape index (κ2) is 5.96. The Bertz CT molecular complexity index is 643. The van der Waals surface area contributed by atoms with E-state index >= 15 is 0 Å². The molecule has 0 aliphatic rings. The number of aromatic nitrogens is 2. The van der Waals surface area contributed by atoms with Crippen LogP contribution in [0, 0.1) is 0 Å². The number of nitrogens with two attached hydrogens (primary N) is 1. The van der Waals surface area contributed by atoms with Crippen LogP contribution in [-0.4, -0.2) is 30.4 Å². The third-order valence-corrected chi connectivity index (χ3v) is 2.64. The zero-order chi connectivity index (χ0) is 16.3. The van der Waals surface area contributed by atoms with Crippen molar-refractivity contribution in [2.24, 2.45) is 0 Å². The molecule has 2 rings (SSSR count). The largest absolute Gasteiger partial charge is 0.573 e. The van der Waals surface area contributed by atoms with Gasteiger partial charge in [0.05, 0.1) is 0 Å². The molecule has 0 saturated carbocycles. The molecule has 0 saturated heterocycles. The molecular formula is C13H14F3N5O. The summed E-state index contributed by atoms with van der Waals surface area (Å²) in [5.41, 5.74) is 6.80. The van der Waals surface area contributed by atoms with Gasteiger partial charge in [-0.05, 0) is 24.3 Å². The number of nitrogens with one attached hydrogen (secondary N) is 1. The fourth-order valence-corrected chi connectivity index (χ4v) is 1.72. The first-order chi connectivity index (χ1) is 10.3. The number of rotatable bonds is 4. The van der Waals surface area contributed by atoms with Crippen molar-refractivity contribution in [1.82, 2.24) is 9.97 Å². The summed E-state index contributed by atoms with van der Waals surface area (Å²) in [6, 6.07) is 5.25. The standard InChI is InChI=1S/C13H14F3N5O/c1-21(2)12-10(17)11(18-7-19-12)20-8-3-5-9(6-4-8)22-13(14,15)16/h3-7H,17H2,1-2H3,(H,18,19,20). The summed E-state index contributed by atoms with van der Waals surface area (Å²) >= 11 is 0. The number of anilines is 4. The highest BCUT2D eigenvalue weighted by Gasteiger charge is 2.30. The van der Waals surface area contributed by atoms with Gasteiger partial charge in [0.25, 0.3) is 0 Å². The molecule has 0 amide bonds. The molecule has 0 aliphatic carbocycles. The van der Waals surface area contributed by atoms with Crippen LogP contribution in [0.1, 0.15) is 0 Å². The molecule has 9 heteroatoms. The zero-order valence-corrected chi connectivity index (χ0v) is 11.8. The van der Waals surface area contributed by atoms with Gasteiger partial charge in [-0.15, -0.1) is 13.2 Å². The summed E-state index contributed by atoms with van der Waals surface area (Å²) in [5.74, 6) is 0.598. The molecule has 22 heavy (non-hydrogen) atoms. The van der Waals surface area contributed by atoms with Gasteiger partial charge in [-0.25, -0.2) is 9.97 Å². The molecule has 6 nitrogen and oxygen atoms in total. The Labute approximate surface area is 124 Å². The van der Waals surface area contributed by atoms with Crippen molar-refractivity contribution in [3.05, 3.63) is 30.6 Å². The Hall–Kier alpha value is -2.71. The molecule has 0 aliphatic heterocycles. The van der Waals surface area contributed by atoms with Crippen LogP contribution in [0.4, 0.5) is 36.2 Å². The lowest BCUT2D eigenvalue weighted by Crippen LogP contribution is -2.17. The van der Waals surface area contributed by atoms with Crippen LogP contribution in [0.25, 0.3) is 0 Å². The highest BCUT2D eigenvalue weighted by molar-refractivity contribution is 5.77. The average Bonchev–Trinajstić information content (AvgIpc) is 2.41. The van der Waals surface area contributed by atoms with E-state index < -0.39 is 6.36 Å². The molecule has 0 radical (unpaired) electrons. The summed E-state index contributed by atoms with van der Waals surface area (Å²) in [5, 5.41) is 2.92. The van der Waals surface area contributed by atoms with E-state index in [2.05, 4.69) is 20.0 Å². The predicted molar refractivity (Wildman–Crippen MR) is 77.2 cm³/mol. The van der Waals surface area contributed by atoms with Crippen LogP contribution >= 0.6 is 0 Å². The number of alkyl halides is 3. The first-order valence-corrected chi connectivity index (χ1v) is 6.17. The fourth-order valence-electron chi connectivity index (χ4n) is 1.72. The number of nitrogens with zero attached hydrogens (tertiary/aromatic N) is 3. The molecule has 0 unspecified atom stereocenters. The normalized spacial score (nSPS) is 11.1. The summed E-state index contributed by atoms with van der Waals surface area (Å²) in [4.78, 5) is 9.78. The smallest absolute Gasteiger partial charge is 0.406 e. The Balaban J connectivity index is 2.16. The van der Waals surface area contributed by atoms with E-state index in [4.69, 9.17) is 5.73 Å². The van der Waals surface area contributed by atoms with Crippen LogP contribution in [0.5, 0.6) is 5.75 Å². The molecule has 118 valence electrons. The van der Waals surface area contributed by atoms with Crippen molar-refractivity contribution in [2.45, 2.75) is 6.36 Å². The molecule has 0 bridgehead atoms. The number of nitrogen functional groups attached to an aromatic ring is 1. The van der Waals surface area contributed by atoms with Crippen molar-refractivity contribution >= 4 is 23.0 Å². The molecule has 1 aromatic carbocycles. The van der Waals surface area contributed by atoms with Gasteiger partial charge in [0, 0.05) is 19.8 Å². The monoisotopic (exact) mass is 313 g/mol. The van der Waals surface area contributed by atoms with Gasteiger partial charge in [0.15, 0.2) is 11.6 Å². The summed E-state index contributed by atoms with van der Waals surface area (Å²) in [6.07, 6.45) is -3.37. The van der Waals surface area contributed by atoms with Crippen molar-refractivity contribution in [2.75, 3.05) is 30.0 Å². The number of hydrogen-bond donors (Lipinski definition) is 2. The third kappa shape index (κ3) is 3.90. The highest BCUT2D eigenvalue weighted by atomic mass is 19.4. The quantitative estimate of drug-likeness (QED) is 0.904. The Morgan fingerprint density at radius 3 is 2.32 bits per heavy atom. The van der Waals surface area contributed by atoms with E-state index in [0.29, 0.717) is 23.0 Å². The SMILES string of the molecule is CN(C)c1ncnc(Nc2ccc(OC(F)(F)F)cc2)c1N. The van der Waals surface area contributed by atoms with E-state index in [-0.39, 0.29) is 5.75 Å². The van der Waals surface area contributed by atoms with E-state index in [1.54, 1.807) is 19.0 Å². The Kier molecular flexibility index (Phi) is 4.25. The van der Waals surface area contributed by atoms with Crippen molar-refractivity contribution in [3.63, 3.8) is 0 Å². The zero-order valence-electron chi connectivity index (χ0n) is 11.8. The van der Waals surface area contributed by atoms with Crippen LogP contribution < -0.4 is 20.7 Å². The van der Waals surface area contributed by atoms with E-state index in [1.807, 2.05) is 0 Å². The lowest BCUT2D eigenvalue weighted by Gasteiger charge is -2.16. The topological polar surface area (TPSA) is 76.3 Å². The van der Waals surface area contributed by atoms with Gasteiger partial charge in [0.2, 0.25) is 0 Å². The second-order valence-corrected chi connectivity index (χ2v) is 4.55. The summed E-state index contributed by atoms with van der Waals surface area (Å²) in [6.45, 7) is 0. The number of benzene rings is 1. The maximum atomic E-state index is 12.1. The highest BCUT2D eigenvalue weighted by Crippen LogP contribution is 2.29. The van der Waals surface area contributed by atoms with E-state index in [1.165, 1.54) is 30.6 Å². The molecule has 0 spiro atoms. The third-order valence-electron chi connectivity index (χ3n) is 2.64. The Morgan fingerprint density at radius 1 is 1.14 bits per heavy atom. The molecule has 0 fully saturated rings. The lowest BCUT2D eigenvalue weighted by molar-refractivity contribution is -0.274. The van der Waals surface area contributed by atoms with Gasteiger partial charge in [0.1, 0.15) is 17.8 Å². The number of hydrogen-bond acceptors (Lipinski definition) is 6. The summed E-state index contributed by atoms with van der Waals surface area (Å²) < 4.78 is 40.1. The molecular weight excluding hydrogens is 299 g/mol. The molecule has 2 aromatic rings. The molecule has 3 N–H and O–H groups in total. The lowest BCUT2D eigenvalue weighted by atomic mass is 10.3. The maximum absolute atomic E-state index is 12.1. The molecule has 1 aromatic heterocycles. The Morgan fingerprint density at radius 2 is 1.77 bits per heavy atom. The summed E-state index contributed by atoms with van der Waals surface area (Å²) in [7, 11) is 3.57. The fraction of sp³-hybridized carbons (Fsp3) is 0.231.